The first-order valence-corrected chi connectivity index (χ1v) is 17.7. The lowest BCUT2D eigenvalue weighted by atomic mass is 9.70. The Balaban J connectivity index is 1.72. The predicted molar refractivity (Wildman–Crippen MR) is 185 cm³/mol. The number of unbranched alkanes of at least 4 members (excludes halogenated alkanes) is 2. The van der Waals surface area contributed by atoms with E-state index < -0.39 is 53.7 Å². The van der Waals surface area contributed by atoms with Crippen LogP contribution in [0.3, 0.4) is 0 Å². The number of hydrogen-bond donors (Lipinski definition) is 2. The first-order chi connectivity index (χ1) is 23.6. The van der Waals surface area contributed by atoms with Crippen molar-refractivity contribution in [3.8, 4) is 0 Å². The number of likely N-dealkylation sites (tertiary alicyclic amines) is 1. The smallest absolute Gasteiger partial charge is 0.313 e. The summed E-state index contributed by atoms with van der Waals surface area (Å²) in [4.78, 5) is 59.7. The summed E-state index contributed by atoms with van der Waals surface area (Å²) in [6.07, 6.45) is 6.10. The van der Waals surface area contributed by atoms with Gasteiger partial charge in [0.25, 0.3) is 0 Å². The van der Waals surface area contributed by atoms with Crippen molar-refractivity contribution in [3.05, 3.63) is 61.2 Å². The quantitative estimate of drug-likeness (QED) is 0.120. The van der Waals surface area contributed by atoms with E-state index in [1.165, 1.54) is 12.0 Å². The minimum atomic E-state index is -1.25. The van der Waals surface area contributed by atoms with Gasteiger partial charge in [0, 0.05) is 26.6 Å². The maximum atomic E-state index is 14.6. The topological polar surface area (TPSA) is 135 Å². The molecular weight excluding hydrogens is 626 g/mol. The standard InChI is InChI=1S/C38H55N3O8/c1-7-10-15-22-40(21-9-3)36(45)34-38-20-19-29(49-38)31(32(38)35(44)41(34)28(23-42)25(4)5)37(46)48-33(26-16-13-12-14-17-26)27(24-47-6)39-30(43)18-11-8-2/h8-9,12-14,16-17,25,27-29,31-34,42H,2-3,7,10-11,15,18-24H2,1,4-6H3,(H,39,43)/t27-,28-,29+,31-,32-,33-,34+,38-/m0/s1. The molecule has 2 N–H and O–H groups in total. The highest BCUT2D eigenvalue weighted by molar-refractivity contribution is 5.98. The highest BCUT2D eigenvalue weighted by Gasteiger charge is 2.76. The van der Waals surface area contributed by atoms with Gasteiger partial charge in [-0.25, -0.2) is 0 Å². The Labute approximate surface area is 291 Å². The Morgan fingerprint density at radius 2 is 1.92 bits per heavy atom. The number of nitrogens with one attached hydrogen (secondary N) is 1. The molecule has 1 aromatic carbocycles. The van der Waals surface area contributed by atoms with Crippen LogP contribution in [0.25, 0.3) is 0 Å². The Morgan fingerprint density at radius 3 is 2.53 bits per heavy atom. The maximum absolute atomic E-state index is 14.6. The highest BCUT2D eigenvalue weighted by atomic mass is 16.6. The van der Waals surface area contributed by atoms with Crippen LogP contribution < -0.4 is 5.32 Å². The summed E-state index contributed by atoms with van der Waals surface area (Å²) < 4.78 is 18.4. The monoisotopic (exact) mass is 681 g/mol. The van der Waals surface area contributed by atoms with Crippen molar-refractivity contribution in [2.45, 2.75) is 102 Å². The van der Waals surface area contributed by atoms with Gasteiger partial charge < -0.3 is 34.4 Å². The van der Waals surface area contributed by atoms with Crippen LogP contribution in [0.1, 0.15) is 77.4 Å². The molecule has 3 amide bonds. The number of ether oxygens (including phenoxy) is 3. The molecule has 4 rings (SSSR count). The molecule has 11 heteroatoms. The van der Waals surface area contributed by atoms with Gasteiger partial charge in [0.15, 0.2) is 0 Å². The van der Waals surface area contributed by atoms with E-state index in [1.54, 1.807) is 17.1 Å². The van der Waals surface area contributed by atoms with Gasteiger partial charge in [0.05, 0.1) is 43.2 Å². The molecule has 0 aliphatic carbocycles. The van der Waals surface area contributed by atoms with E-state index in [9.17, 15) is 24.3 Å². The lowest BCUT2D eigenvalue weighted by Gasteiger charge is -2.40. The second-order valence-electron chi connectivity index (χ2n) is 13.8. The van der Waals surface area contributed by atoms with Crippen molar-refractivity contribution >= 4 is 23.7 Å². The van der Waals surface area contributed by atoms with Gasteiger partial charge in [-0.1, -0.05) is 76.1 Å². The Bertz CT molecular complexity index is 1320. The fourth-order valence-corrected chi connectivity index (χ4v) is 7.91. The largest absolute Gasteiger partial charge is 0.455 e. The average molecular weight is 682 g/mol. The summed E-state index contributed by atoms with van der Waals surface area (Å²) >= 11 is 0. The number of aliphatic hydroxyl groups excluding tert-OH is 1. The zero-order valence-electron chi connectivity index (χ0n) is 29.6. The van der Waals surface area contributed by atoms with E-state index in [4.69, 9.17) is 14.2 Å². The first kappa shape index (κ1) is 38.3. The molecule has 0 unspecified atom stereocenters. The van der Waals surface area contributed by atoms with Crippen molar-refractivity contribution < 1.29 is 38.5 Å². The van der Waals surface area contributed by atoms with Crippen LogP contribution >= 0.6 is 0 Å². The fraction of sp³-hybridized carbons (Fsp3) is 0.632. The van der Waals surface area contributed by atoms with Crippen molar-refractivity contribution in [1.29, 1.82) is 0 Å². The predicted octanol–water partition coefficient (Wildman–Crippen LogP) is 3.96. The van der Waals surface area contributed by atoms with Gasteiger partial charge in [-0.15, -0.1) is 13.2 Å². The van der Waals surface area contributed by atoms with Crippen molar-refractivity contribution in [1.82, 2.24) is 15.1 Å². The molecule has 11 nitrogen and oxygen atoms in total. The van der Waals surface area contributed by atoms with Crippen LogP contribution in [-0.4, -0.2) is 102 Å². The third-order valence-electron chi connectivity index (χ3n) is 10.3. The minimum absolute atomic E-state index is 0.0671. The van der Waals surface area contributed by atoms with Crippen LogP contribution in [0.15, 0.2) is 55.6 Å². The van der Waals surface area contributed by atoms with Crippen molar-refractivity contribution in [2.75, 3.05) is 33.4 Å². The highest BCUT2D eigenvalue weighted by Crippen LogP contribution is 2.59. The fourth-order valence-electron chi connectivity index (χ4n) is 7.91. The van der Waals surface area contributed by atoms with E-state index in [-0.39, 0.29) is 43.3 Å². The summed E-state index contributed by atoms with van der Waals surface area (Å²) in [6, 6.07) is 6.72. The summed E-state index contributed by atoms with van der Waals surface area (Å²) in [5.74, 6) is -3.64. The second kappa shape index (κ2) is 17.4. The molecule has 1 aromatic rings. The molecule has 8 atom stereocenters. The van der Waals surface area contributed by atoms with Crippen LogP contribution in [0.2, 0.25) is 0 Å². The van der Waals surface area contributed by atoms with E-state index in [2.05, 4.69) is 25.4 Å². The number of allylic oxidation sites excluding steroid dienone is 1. The van der Waals surface area contributed by atoms with Gasteiger partial charge in [0.1, 0.15) is 17.7 Å². The van der Waals surface area contributed by atoms with Crippen LogP contribution in [-0.2, 0) is 33.4 Å². The van der Waals surface area contributed by atoms with Crippen LogP contribution in [0.5, 0.6) is 0 Å². The third-order valence-corrected chi connectivity index (χ3v) is 10.3. The number of esters is 1. The Kier molecular flexibility index (Phi) is 13.6. The third kappa shape index (κ3) is 7.94. The van der Waals surface area contributed by atoms with Crippen molar-refractivity contribution in [3.63, 3.8) is 0 Å². The molecule has 2 bridgehead atoms. The lowest BCUT2D eigenvalue weighted by molar-refractivity contribution is -0.164. The van der Waals surface area contributed by atoms with Gasteiger partial charge in [-0.2, -0.15) is 0 Å². The second-order valence-corrected chi connectivity index (χ2v) is 13.8. The number of methoxy groups -OCH3 is 1. The minimum Gasteiger partial charge on any atom is -0.455 e. The molecular formula is C38H55N3O8. The van der Waals surface area contributed by atoms with Crippen molar-refractivity contribution in [2.24, 2.45) is 17.8 Å². The van der Waals surface area contributed by atoms with Gasteiger partial charge >= 0.3 is 5.97 Å². The normalized spacial score (nSPS) is 25.8. The molecule has 3 aliphatic heterocycles. The summed E-state index contributed by atoms with van der Waals surface area (Å²) in [6.45, 7) is 14.0. The molecule has 3 fully saturated rings. The molecule has 3 saturated heterocycles. The Morgan fingerprint density at radius 1 is 1.18 bits per heavy atom. The number of aliphatic hydroxyl groups is 1. The summed E-state index contributed by atoms with van der Waals surface area (Å²) in [5, 5.41) is 13.5. The lowest BCUT2D eigenvalue weighted by Crippen LogP contribution is -2.59. The van der Waals surface area contributed by atoms with Crippen LogP contribution in [0, 0.1) is 17.8 Å². The number of fused-ring (bicyclic) bond motifs is 1. The van der Waals surface area contributed by atoms with E-state index in [1.807, 2.05) is 44.2 Å². The van der Waals surface area contributed by atoms with Gasteiger partial charge in [0.2, 0.25) is 17.7 Å². The molecule has 0 saturated carbocycles. The molecule has 270 valence electrons. The van der Waals surface area contributed by atoms with Gasteiger partial charge in [-0.05, 0) is 37.2 Å². The summed E-state index contributed by atoms with van der Waals surface area (Å²) in [5.41, 5.74) is -0.595. The average Bonchev–Trinajstić information content (AvgIpc) is 3.73. The number of carbonyl (C=O) groups excluding carboxylic acids is 4. The number of amides is 3. The van der Waals surface area contributed by atoms with E-state index in [0.29, 0.717) is 37.9 Å². The molecule has 3 heterocycles. The SMILES string of the molecule is C=CCCC(=O)N[C@@H](COC)[C@@H](OC(=O)[C@@H]1[C@H]2C(=O)N([C@@H](CO)C(C)C)[C@H](C(=O)N(CC=C)CCCCC)[C@]23CC[C@H]1O3)c1ccccc1. The zero-order valence-corrected chi connectivity index (χ0v) is 29.6. The molecule has 0 aromatic heterocycles. The molecule has 1 spiro atoms. The molecule has 3 aliphatic rings. The molecule has 0 radical (unpaired) electrons. The van der Waals surface area contributed by atoms with Gasteiger partial charge in [-0.3, -0.25) is 19.2 Å². The molecule has 49 heavy (non-hydrogen) atoms. The van der Waals surface area contributed by atoms with E-state index >= 15 is 0 Å². The first-order valence-electron chi connectivity index (χ1n) is 17.7. The van der Waals surface area contributed by atoms with E-state index in [0.717, 1.165) is 19.3 Å². The number of carbonyl (C=O) groups is 4. The summed E-state index contributed by atoms with van der Waals surface area (Å²) in [7, 11) is 1.51. The number of hydrogen-bond acceptors (Lipinski definition) is 8. The van der Waals surface area contributed by atoms with Crippen LogP contribution in [0.4, 0.5) is 0 Å². The maximum Gasteiger partial charge on any atom is 0.313 e. The number of rotatable bonds is 20. The zero-order chi connectivity index (χ0) is 35.7. The Hall–Kier alpha value is -3.54. The number of benzene rings is 1. The number of nitrogens with zero attached hydrogens (tertiary/aromatic N) is 2.